The molecule has 0 fully saturated rings. The molecule has 1 unspecified atom stereocenters. The molecule has 0 saturated heterocycles. The van der Waals surface area contributed by atoms with Crippen LogP contribution in [0, 0.1) is 12.8 Å². The summed E-state index contributed by atoms with van der Waals surface area (Å²) >= 11 is 0. The molecule has 0 saturated carbocycles. The fraction of sp³-hybridized carbons (Fsp3) is 0.524. The summed E-state index contributed by atoms with van der Waals surface area (Å²) in [5.74, 6) is 1.41. The van der Waals surface area contributed by atoms with Gasteiger partial charge in [-0.1, -0.05) is 83.4 Å². The Morgan fingerprint density at radius 3 is 2.33 bits per heavy atom. The molecule has 0 N–H and O–H groups in total. The summed E-state index contributed by atoms with van der Waals surface area (Å²) in [6.45, 7) is 15.3. The van der Waals surface area contributed by atoms with E-state index >= 15 is 0 Å². The average Bonchev–Trinajstić information content (AvgIpc) is 2.46. The Hall–Kier alpha value is -1.30. The van der Waals surface area contributed by atoms with Gasteiger partial charge in [-0.3, -0.25) is 0 Å². The average molecular weight is 284 g/mol. The van der Waals surface area contributed by atoms with Crippen molar-refractivity contribution in [1.82, 2.24) is 0 Å². The molecule has 0 heterocycles. The van der Waals surface area contributed by atoms with Crippen LogP contribution in [-0.4, -0.2) is 0 Å². The van der Waals surface area contributed by atoms with Crippen molar-refractivity contribution in [2.45, 2.75) is 66.2 Å². The van der Waals surface area contributed by atoms with Gasteiger partial charge in [0.05, 0.1) is 0 Å². The Balaban J connectivity index is 3.25. The van der Waals surface area contributed by atoms with Crippen LogP contribution in [0.5, 0.6) is 0 Å². The third-order valence-electron chi connectivity index (χ3n) is 4.58. The van der Waals surface area contributed by atoms with E-state index in [4.69, 9.17) is 0 Å². The Morgan fingerprint density at radius 1 is 1.19 bits per heavy atom. The van der Waals surface area contributed by atoms with Crippen LogP contribution in [0.25, 0.3) is 5.57 Å². The van der Waals surface area contributed by atoms with Gasteiger partial charge < -0.3 is 0 Å². The number of rotatable bonds is 8. The second kappa shape index (κ2) is 8.87. The van der Waals surface area contributed by atoms with E-state index in [2.05, 4.69) is 65.5 Å². The molecule has 0 aliphatic rings. The number of aryl methyl sites for hydroxylation is 1. The van der Waals surface area contributed by atoms with Crippen LogP contribution in [0.2, 0.25) is 0 Å². The molecule has 1 aromatic rings. The minimum Gasteiger partial charge on any atom is -0.0991 e. The predicted molar refractivity (Wildman–Crippen MR) is 96.7 cm³/mol. The van der Waals surface area contributed by atoms with Crippen molar-refractivity contribution in [3.8, 4) is 0 Å². The van der Waals surface area contributed by atoms with Crippen LogP contribution < -0.4 is 0 Å². The standard InChI is InChI=1S/C21H32/c1-7-11-16(4)21-17(5)14-10-15-20(21)18(6)19(12-8-2)13-9-3/h7,10-11,14-15,18-19H,1,8-9,12-13H2,2-6H3/b16-11+. The highest BCUT2D eigenvalue weighted by molar-refractivity contribution is 5.71. The van der Waals surface area contributed by atoms with E-state index in [0.717, 1.165) is 5.92 Å². The molecule has 0 bridgehead atoms. The Kier molecular flexibility index (Phi) is 7.50. The third kappa shape index (κ3) is 4.59. The lowest BCUT2D eigenvalue weighted by Gasteiger charge is -2.27. The van der Waals surface area contributed by atoms with Gasteiger partial charge in [-0.25, -0.2) is 0 Å². The molecule has 0 amide bonds. The number of benzene rings is 1. The molecule has 1 aromatic carbocycles. The number of hydrogen-bond donors (Lipinski definition) is 0. The first-order valence-electron chi connectivity index (χ1n) is 8.45. The van der Waals surface area contributed by atoms with Crippen LogP contribution in [-0.2, 0) is 0 Å². The molecule has 116 valence electrons. The maximum Gasteiger partial charge on any atom is -0.0156 e. The molecule has 1 rings (SSSR count). The summed E-state index contributed by atoms with van der Waals surface area (Å²) in [5.41, 5.74) is 5.65. The highest BCUT2D eigenvalue weighted by Crippen LogP contribution is 2.36. The lowest BCUT2D eigenvalue weighted by Crippen LogP contribution is -2.12. The first-order chi connectivity index (χ1) is 10.1. The fourth-order valence-electron chi connectivity index (χ4n) is 3.51. The van der Waals surface area contributed by atoms with E-state index in [-0.39, 0.29) is 0 Å². The summed E-state index contributed by atoms with van der Waals surface area (Å²) in [6, 6.07) is 6.76. The molecule has 1 atom stereocenters. The second-order valence-corrected chi connectivity index (χ2v) is 6.25. The van der Waals surface area contributed by atoms with Crippen LogP contribution in [0.1, 0.15) is 76.0 Å². The van der Waals surface area contributed by atoms with Crippen LogP contribution in [0.15, 0.2) is 36.9 Å². The second-order valence-electron chi connectivity index (χ2n) is 6.25. The molecule has 0 aliphatic heterocycles. The summed E-state index contributed by atoms with van der Waals surface area (Å²) < 4.78 is 0. The smallest absolute Gasteiger partial charge is 0.0156 e. The monoisotopic (exact) mass is 284 g/mol. The molecular formula is C21H32. The van der Waals surface area contributed by atoms with Crippen molar-refractivity contribution in [3.63, 3.8) is 0 Å². The van der Waals surface area contributed by atoms with Crippen molar-refractivity contribution in [3.05, 3.63) is 53.6 Å². The largest absolute Gasteiger partial charge is 0.0991 e. The molecule has 0 aliphatic carbocycles. The highest BCUT2D eigenvalue weighted by Gasteiger charge is 2.21. The van der Waals surface area contributed by atoms with E-state index in [0.29, 0.717) is 5.92 Å². The van der Waals surface area contributed by atoms with Crippen LogP contribution in [0.4, 0.5) is 0 Å². The van der Waals surface area contributed by atoms with Gasteiger partial charge in [-0.05, 0) is 47.9 Å². The normalized spacial score (nSPS) is 13.5. The van der Waals surface area contributed by atoms with Gasteiger partial charge in [0.1, 0.15) is 0 Å². The van der Waals surface area contributed by atoms with Gasteiger partial charge >= 0.3 is 0 Å². The quantitative estimate of drug-likeness (QED) is 0.455. The van der Waals surface area contributed by atoms with Crippen molar-refractivity contribution in [2.75, 3.05) is 0 Å². The zero-order chi connectivity index (χ0) is 15.8. The minimum atomic E-state index is 0.618. The molecule has 0 nitrogen and oxygen atoms in total. The van der Waals surface area contributed by atoms with Gasteiger partial charge in [0.15, 0.2) is 0 Å². The number of hydrogen-bond acceptors (Lipinski definition) is 0. The van der Waals surface area contributed by atoms with Crippen molar-refractivity contribution >= 4 is 5.57 Å². The molecule has 0 aromatic heterocycles. The van der Waals surface area contributed by atoms with Gasteiger partial charge in [-0.15, -0.1) is 0 Å². The van der Waals surface area contributed by atoms with E-state index in [1.165, 1.54) is 47.9 Å². The van der Waals surface area contributed by atoms with Crippen molar-refractivity contribution in [1.29, 1.82) is 0 Å². The van der Waals surface area contributed by atoms with Crippen LogP contribution in [0.3, 0.4) is 0 Å². The van der Waals surface area contributed by atoms with Crippen molar-refractivity contribution in [2.24, 2.45) is 5.92 Å². The summed E-state index contributed by atoms with van der Waals surface area (Å²) in [4.78, 5) is 0. The van der Waals surface area contributed by atoms with Crippen molar-refractivity contribution < 1.29 is 0 Å². The van der Waals surface area contributed by atoms with Gasteiger partial charge in [0, 0.05) is 0 Å². The molecule has 21 heavy (non-hydrogen) atoms. The van der Waals surface area contributed by atoms with Crippen LogP contribution >= 0.6 is 0 Å². The SMILES string of the molecule is C=C/C=C(\C)c1c(C)cccc1C(C)C(CCC)CCC. The Labute approximate surface area is 132 Å². The summed E-state index contributed by atoms with van der Waals surface area (Å²) in [5, 5.41) is 0. The molecular weight excluding hydrogens is 252 g/mol. The van der Waals surface area contributed by atoms with Gasteiger partial charge in [-0.2, -0.15) is 0 Å². The maximum atomic E-state index is 3.85. The van der Waals surface area contributed by atoms with Gasteiger partial charge in [0.25, 0.3) is 0 Å². The summed E-state index contributed by atoms with van der Waals surface area (Å²) in [6.07, 6.45) is 9.23. The zero-order valence-electron chi connectivity index (χ0n) is 14.6. The molecule has 0 heteroatoms. The zero-order valence-corrected chi connectivity index (χ0v) is 14.6. The topological polar surface area (TPSA) is 0 Å². The van der Waals surface area contributed by atoms with E-state index < -0.39 is 0 Å². The molecule has 0 radical (unpaired) electrons. The Bertz CT molecular complexity index is 473. The maximum absolute atomic E-state index is 3.85. The fourth-order valence-corrected chi connectivity index (χ4v) is 3.51. The van der Waals surface area contributed by atoms with E-state index in [1.807, 2.05) is 6.08 Å². The lowest BCUT2D eigenvalue weighted by molar-refractivity contribution is 0.379. The molecule has 0 spiro atoms. The number of allylic oxidation sites excluding steroid dienone is 3. The van der Waals surface area contributed by atoms with Gasteiger partial charge in [0.2, 0.25) is 0 Å². The van der Waals surface area contributed by atoms with E-state index in [1.54, 1.807) is 0 Å². The predicted octanol–water partition coefficient (Wildman–Crippen LogP) is 6.90. The summed E-state index contributed by atoms with van der Waals surface area (Å²) in [7, 11) is 0. The third-order valence-corrected chi connectivity index (χ3v) is 4.58. The highest BCUT2D eigenvalue weighted by atomic mass is 14.3. The minimum absolute atomic E-state index is 0.618. The first kappa shape index (κ1) is 17.8. The van der Waals surface area contributed by atoms with E-state index in [9.17, 15) is 0 Å². The first-order valence-corrected chi connectivity index (χ1v) is 8.45. The lowest BCUT2D eigenvalue weighted by atomic mass is 9.78. The Morgan fingerprint density at radius 2 is 1.81 bits per heavy atom.